The molecule has 0 aromatic carbocycles. The van der Waals surface area contributed by atoms with Crippen LogP contribution < -0.4 is 5.32 Å². The van der Waals surface area contributed by atoms with Crippen molar-refractivity contribution in [2.45, 2.75) is 23.9 Å². The summed E-state index contributed by atoms with van der Waals surface area (Å²) in [4.78, 5) is 0.561. The summed E-state index contributed by atoms with van der Waals surface area (Å²) in [7, 11) is 0. The lowest BCUT2D eigenvalue weighted by Crippen LogP contribution is -2.38. The second-order valence-electron chi connectivity index (χ2n) is 2.10. The van der Waals surface area contributed by atoms with Crippen LogP contribution in [0.1, 0.15) is 12.8 Å². The van der Waals surface area contributed by atoms with Gasteiger partial charge in [0.05, 0.1) is 0 Å². The van der Waals surface area contributed by atoms with E-state index in [1.54, 1.807) is 0 Å². The SMILES string of the molecule is O[C@@H]1CC[C@@H](Br)CN1. The molecule has 1 fully saturated rings. The first-order chi connectivity index (χ1) is 3.79. The molecule has 8 heavy (non-hydrogen) atoms. The Hall–Kier alpha value is 0.400. The van der Waals surface area contributed by atoms with Crippen molar-refractivity contribution in [3.63, 3.8) is 0 Å². The molecule has 1 heterocycles. The lowest BCUT2D eigenvalue weighted by molar-refractivity contribution is 0.110. The third-order valence-electron chi connectivity index (χ3n) is 1.33. The topological polar surface area (TPSA) is 32.3 Å². The molecule has 0 saturated carbocycles. The molecule has 1 saturated heterocycles. The number of rotatable bonds is 0. The zero-order chi connectivity index (χ0) is 5.98. The van der Waals surface area contributed by atoms with Gasteiger partial charge in [0.25, 0.3) is 0 Å². The minimum absolute atomic E-state index is 0.260. The second-order valence-corrected chi connectivity index (χ2v) is 3.39. The van der Waals surface area contributed by atoms with Crippen LogP contribution in [0.25, 0.3) is 0 Å². The molecule has 1 aliphatic rings. The van der Waals surface area contributed by atoms with Crippen LogP contribution in [0.2, 0.25) is 0 Å². The predicted octanol–water partition coefficient (Wildman–Crippen LogP) is 0.452. The number of halogens is 1. The van der Waals surface area contributed by atoms with Gasteiger partial charge < -0.3 is 5.11 Å². The van der Waals surface area contributed by atoms with Crippen molar-refractivity contribution in [1.29, 1.82) is 0 Å². The van der Waals surface area contributed by atoms with Gasteiger partial charge in [-0.15, -0.1) is 0 Å². The van der Waals surface area contributed by atoms with Crippen molar-refractivity contribution in [3.8, 4) is 0 Å². The summed E-state index contributed by atoms with van der Waals surface area (Å²) in [6, 6.07) is 0. The minimum atomic E-state index is -0.260. The van der Waals surface area contributed by atoms with Gasteiger partial charge in [0, 0.05) is 11.4 Å². The van der Waals surface area contributed by atoms with Crippen LogP contribution in [-0.4, -0.2) is 22.7 Å². The summed E-state index contributed by atoms with van der Waals surface area (Å²) >= 11 is 3.44. The van der Waals surface area contributed by atoms with E-state index in [2.05, 4.69) is 21.2 Å². The second kappa shape index (κ2) is 2.80. The molecule has 1 aliphatic heterocycles. The van der Waals surface area contributed by atoms with E-state index in [1.807, 2.05) is 0 Å². The highest BCUT2D eigenvalue weighted by Gasteiger charge is 2.14. The van der Waals surface area contributed by atoms with Crippen molar-refractivity contribution in [3.05, 3.63) is 0 Å². The van der Waals surface area contributed by atoms with Crippen LogP contribution in [0.3, 0.4) is 0 Å². The van der Waals surface area contributed by atoms with Gasteiger partial charge in [0.1, 0.15) is 6.23 Å². The van der Waals surface area contributed by atoms with Gasteiger partial charge in [-0.05, 0) is 12.8 Å². The van der Waals surface area contributed by atoms with Crippen molar-refractivity contribution < 1.29 is 5.11 Å². The quantitative estimate of drug-likeness (QED) is 0.530. The number of nitrogens with one attached hydrogen (secondary N) is 1. The third-order valence-corrected chi connectivity index (χ3v) is 2.11. The van der Waals surface area contributed by atoms with E-state index in [-0.39, 0.29) is 6.23 Å². The summed E-state index contributed by atoms with van der Waals surface area (Å²) < 4.78 is 0. The summed E-state index contributed by atoms with van der Waals surface area (Å²) in [6.07, 6.45) is 1.69. The first kappa shape index (κ1) is 6.52. The fourth-order valence-electron chi connectivity index (χ4n) is 0.807. The molecule has 0 aliphatic carbocycles. The number of hydrogen-bond acceptors (Lipinski definition) is 2. The third kappa shape index (κ3) is 1.73. The highest BCUT2D eigenvalue weighted by atomic mass is 79.9. The van der Waals surface area contributed by atoms with E-state index in [4.69, 9.17) is 5.11 Å². The van der Waals surface area contributed by atoms with Gasteiger partial charge in [-0.1, -0.05) is 15.9 Å². The molecule has 48 valence electrons. The van der Waals surface area contributed by atoms with Crippen LogP contribution in [-0.2, 0) is 0 Å². The molecule has 0 unspecified atom stereocenters. The Bertz CT molecular complexity index is 60.8. The number of alkyl halides is 1. The molecule has 0 aromatic rings. The van der Waals surface area contributed by atoms with Crippen molar-refractivity contribution >= 4 is 15.9 Å². The van der Waals surface area contributed by atoms with Crippen LogP contribution in [0.15, 0.2) is 0 Å². The fraction of sp³-hybridized carbons (Fsp3) is 1.00. The molecular formula is C5H10BrNO. The van der Waals surface area contributed by atoms with Crippen LogP contribution in [0.4, 0.5) is 0 Å². The minimum Gasteiger partial charge on any atom is -0.379 e. The molecule has 0 radical (unpaired) electrons. The summed E-state index contributed by atoms with van der Waals surface area (Å²) in [5.41, 5.74) is 0. The largest absolute Gasteiger partial charge is 0.379 e. The van der Waals surface area contributed by atoms with Gasteiger partial charge in [0.15, 0.2) is 0 Å². The summed E-state index contributed by atoms with van der Waals surface area (Å²) in [6.45, 7) is 0.890. The first-order valence-electron chi connectivity index (χ1n) is 2.84. The van der Waals surface area contributed by atoms with E-state index in [9.17, 15) is 0 Å². The van der Waals surface area contributed by atoms with E-state index < -0.39 is 0 Å². The molecule has 3 heteroatoms. The van der Waals surface area contributed by atoms with Gasteiger partial charge >= 0.3 is 0 Å². The average Bonchev–Trinajstić information content (AvgIpc) is 1.77. The Morgan fingerprint density at radius 2 is 2.25 bits per heavy atom. The van der Waals surface area contributed by atoms with E-state index in [0.717, 1.165) is 19.4 Å². The smallest absolute Gasteiger partial charge is 0.104 e. The van der Waals surface area contributed by atoms with Gasteiger partial charge in [-0.2, -0.15) is 0 Å². The van der Waals surface area contributed by atoms with Crippen LogP contribution in [0.5, 0.6) is 0 Å². The highest BCUT2D eigenvalue weighted by Crippen LogP contribution is 2.12. The predicted molar refractivity (Wildman–Crippen MR) is 36.0 cm³/mol. The molecule has 2 N–H and O–H groups in total. The van der Waals surface area contributed by atoms with Crippen molar-refractivity contribution in [1.82, 2.24) is 5.32 Å². The van der Waals surface area contributed by atoms with Crippen LogP contribution in [0, 0.1) is 0 Å². The van der Waals surface area contributed by atoms with Gasteiger partial charge in [-0.25, -0.2) is 0 Å². The fourth-order valence-corrected chi connectivity index (χ4v) is 1.26. The normalized spacial score (nSPS) is 39.8. The molecular weight excluding hydrogens is 170 g/mol. The number of hydrogen-bond donors (Lipinski definition) is 2. The van der Waals surface area contributed by atoms with Gasteiger partial charge in [0.2, 0.25) is 0 Å². The number of aliphatic hydroxyl groups is 1. The maximum atomic E-state index is 8.90. The van der Waals surface area contributed by atoms with Crippen molar-refractivity contribution in [2.75, 3.05) is 6.54 Å². The molecule has 2 nitrogen and oxygen atoms in total. The van der Waals surface area contributed by atoms with E-state index in [1.165, 1.54) is 0 Å². The Morgan fingerprint density at radius 1 is 1.50 bits per heavy atom. The molecule has 0 aromatic heterocycles. The monoisotopic (exact) mass is 179 g/mol. The summed E-state index contributed by atoms with van der Waals surface area (Å²) in [5, 5.41) is 11.8. The van der Waals surface area contributed by atoms with Crippen molar-refractivity contribution in [2.24, 2.45) is 0 Å². The zero-order valence-electron chi connectivity index (χ0n) is 4.60. The molecule has 1 rings (SSSR count). The lowest BCUT2D eigenvalue weighted by atomic mass is 10.1. The first-order valence-corrected chi connectivity index (χ1v) is 3.76. The van der Waals surface area contributed by atoms with Crippen LogP contribution >= 0.6 is 15.9 Å². The van der Waals surface area contributed by atoms with E-state index in [0.29, 0.717) is 4.83 Å². The Balaban J connectivity index is 2.19. The Labute approximate surface area is 57.4 Å². The highest BCUT2D eigenvalue weighted by molar-refractivity contribution is 9.09. The molecule has 0 bridgehead atoms. The molecule has 0 amide bonds. The summed E-state index contributed by atoms with van der Waals surface area (Å²) in [5.74, 6) is 0. The Kier molecular flexibility index (Phi) is 2.28. The molecule has 0 spiro atoms. The standard InChI is InChI=1S/C5H10BrNO/c6-4-1-2-5(8)7-3-4/h4-5,7-8H,1-3H2/t4-,5-/m1/s1. The number of aliphatic hydroxyl groups excluding tert-OH is 1. The maximum absolute atomic E-state index is 8.90. The van der Waals surface area contributed by atoms with E-state index >= 15 is 0 Å². The lowest BCUT2D eigenvalue weighted by Gasteiger charge is -2.22. The maximum Gasteiger partial charge on any atom is 0.104 e. The average molecular weight is 180 g/mol. The zero-order valence-corrected chi connectivity index (χ0v) is 6.19. The number of piperidine rings is 1. The molecule has 2 atom stereocenters. The van der Waals surface area contributed by atoms with Gasteiger partial charge in [-0.3, -0.25) is 5.32 Å². The Morgan fingerprint density at radius 3 is 2.62 bits per heavy atom.